The molecule has 0 aliphatic rings. The molecule has 0 unspecified atom stereocenters. The average Bonchev–Trinajstić information content (AvgIpc) is 3.40. The fourth-order valence-electron chi connectivity index (χ4n) is 5.18. The molecule has 1 atom stereocenters. The van der Waals surface area contributed by atoms with Crippen molar-refractivity contribution in [1.82, 2.24) is 19.4 Å². The van der Waals surface area contributed by atoms with Gasteiger partial charge in [-0.2, -0.15) is 0 Å². The zero-order valence-electron chi connectivity index (χ0n) is 24.6. The highest BCUT2D eigenvalue weighted by atomic mass is 16.5. The van der Waals surface area contributed by atoms with E-state index in [0.29, 0.717) is 37.4 Å². The Balaban J connectivity index is 1.57. The number of nitrogens with zero attached hydrogens (tertiary/aromatic N) is 4. The second-order valence-corrected chi connectivity index (χ2v) is 11.3. The molecule has 0 aliphatic heterocycles. The summed E-state index contributed by atoms with van der Waals surface area (Å²) in [5, 5.41) is 10.4. The van der Waals surface area contributed by atoms with Crippen molar-refractivity contribution in [1.29, 1.82) is 0 Å². The molecule has 0 spiro atoms. The number of carbonyl (C=O) groups is 2. The number of hydrogen-bond acceptors (Lipinski definition) is 5. The lowest BCUT2D eigenvalue weighted by Crippen LogP contribution is -2.48. The summed E-state index contributed by atoms with van der Waals surface area (Å²) in [6, 6.07) is 24.7. The second kappa shape index (κ2) is 14.5. The van der Waals surface area contributed by atoms with Crippen molar-refractivity contribution in [2.45, 2.75) is 77.8 Å². The first-order valence-electron chi connectivity index (χ1n) is 14.4. The largest absolute Gasteiger partial charge is 0.465 e. The summed E-state index contributed by atoms with van der Waals surface area (Å²) in [4.78, 5) is 35.7. The molecule has 220 valence electrons. The van der Waals surface area contributed by atoms with E-state index in [1.165, 1.54) is 4.90 Å². The average molecular weight is 569 g/mol. The lowest BCUT2D eigenvalue weighted by atomic mass is 9.98. The molecule has 2 heterocycles. The Morgan fingerprint density at radius 3 is 2.24 bits per heavy atom. The Kier molecular flexibility index (Phi) is 10.6. The van der Waals surface area contributed by atoms with E-state index >= 15 is 0 Å². The Hall–Kier alpha value is -4.30. The maximum Gasteiger partial charge on any atom is 0.408 e. The molecular weight excluding hydrogens is 528 g/mol. The number of pyridine rings is 1. The molecule has 4 aromatic rings. The van der Waals surface area contributed by atoms with Crippen molar-refractivity contribution in [3.63, 3.8) is 0 Å². The SMILES string of the molecule is CC(C)(C)N(C(=O)O)[C@@H](CCCCCC(=O)c1ccccn1)c1ncc(-c2ccccc2)n1COCc1ccccc1. The van der Waals surface area contributed by atoms with Crippen LogP contribution in [0.5, 0.6) is 0 Å². The van der Waals surface area contributed by atoms with Gasteiger partial charge in [-0.3, -0.25) is 14.7 Å². The molecule has 1 N–H and O–H groups in total. The molecule has 0 radical (unpaired) electrons. The third-order valence-corrected chi connectivity index (χ3v) is 7.16. The van der Waals surface area contributed by atoms with Gasteiger partial charge in [0.1, 0.15) is 18.2 Å². The van der Waals surface area contributed by atoms with E-state index in [2.05, 4.69) is 4.98 Å². The highest BCUT2D eigenvalue weighted by Gasteiger charge is 2.36. The van der Waals surface area contributed by atoms with Crippen LogP contribution in [0.15, 0.2) is 91.3 Å². The Labute approximate surface area is 248 Å². The quantitative estimate of drug-likeness (QED) is 0.123. The second-order valence-electron chi connectivity index (χ2n) is 11.3. The summed E-state index contributed by atoms with van der Waals surface area (Å²) in [7, 11) is 0. The predicted molar refractivity (Wildman–Crippen MR) is 163 cm³/mol. The topological polar surface area (TPSA) is 97.5 Å². The first kappa shape index (κ1) is 30.7. The molecule has 1 amide bonds. The van der Waals surface area contributed by atoms with Crippen LogP contribution in [0, 0.1) is 0 Å². The molecule has 0 aliphatic carbocycles. The number of imidazole rings is 1. The molecule has 0 fully saturated rings. The molecule has 2 aromatic heterocycles. The molecule has 4 rings (SSSR count). The number of ether oxygens (including phenoxy) is 1. The van der Waals surface area contributed by atoms with Crippen molar-refractivity contribution < 1.29 is 19.4 Å². The van der Waals surface area contributed by atoms with Gasteiger partial charge in [-0.1, -0.05) is 79.6 Å². The number of carboxylic acid groups (broad SMARTS) is 1. The van der Waals surface area contributed by atoms with Gasteiger partial charge in [0.15, 0.2) is 5.78 Å². The smallest absolute Gasteiger partial charge is 0.408 e. The van der Waals surface area contributed by atoms with Gasteiger partial charge in [0, 0.05) is 18.2 Å². The minimum Gasteiger partial charge on any atom is -0.465 e. The monoisotopic (exact) mass is 568 g/mol. The van der Waals surface area contributed by atoms with Gasteiger partial charge in [-0.15, -0.1) is 0 Å². The number of Topliss-reactive ketones (excluding diaryl/α,β-unsaturated/α-hetero) is 1. The third kappa shape index (κ3) is 8.13. The fourth-order valence-corrected chi connectivity index (χ4v) is 5.18. The summed E-state index contributed by atoms with van der Waals surface area (Å²) < 4.78 is 8.16. The van der Waals surface area contributed by atoms with Gasteiger partial charge in [0.2, 0.25) is 0 Å². The predicted octanol–water partition coefficient (Wildman–Crippen LogP) is 7.77. The fraction of sp³-hybridized carbons (Fsp3) is 0.353. The summed E-state index contributed by atoms with van der Waals surface area (Å²) in [5.74, 6) is 0.663. The van der Waals surface area contributed by atoms with Crippen LogP contribution in [-0.4, -0.2) is 42.0 Å². The van der Waals surface area contributed by atoms with Crippen LogP contribution in [-0.2, 0) is 18.1 Å². The number of hydrogen-bond donors (Lipinski definition) is 1. The van der Waals surface area contributed by atoms with Gasteiger partial charge >= 0.3 is 6.09 Å². The van der Waals surface area contributed by atoms with E-state index in [4.69, 9.17) is 9.72 Å². The zero-order valence-corrected chi connectivity index (χ0v) is 24.6. The van der Waals surface area contributed by atoms with E-state index in [-0.39, 0.29) is 12.5 Å². The van der Waals surface area contributed by atoms with Crippen molar-refractivity contribution in [2.24, 2.45) is 0 Å². The van der Waals surface area contributed by atoms with Gasteiger partial charge in [0.25, 0.3) is 0 Å². The molecular formula is C34H40N4O4. The standard InChI is InChI=1S/C34H40N4O4/c1-34(2,3)38(33(40)41)29(20-11-6-12-21-31(39)28-19-13-14-22-35-28)32-36-23-30(27-17-9-5-10-18-27)37(32)25-42-24-26-15-7-4-8-16-26/h4-5,7-10,13-19,22-23,29H,6,11-12,20-21,24-25H2,1-3H3,(H,40,41)/t29-/m0/s1. The summed E-state index contributed by atoms with van der Waals surface area (Å²) in [5.41, 5.74) is 2.71. The van der Waals surface area contributed by atoms with E-state index < -0.39 is 17.7 Å². The maximum atomic E-state index is 12.7. The lowest BCUT2D eigenvalue weighted by molar-refractivity contribution is 0.0438. The minimum absolute atomic E-state index is 0.0209. The lowest BCUT2D eigenvalue weighted by Gasteiger charge is -2.39. The molecule has 8 nitrogen and oxygen atoms in total. The van der Waals surface area contributed by atoms with Gasteiger partial charge in [-0.05, 0) is 56.9 Å². The van der Waals surface area contributed by atoms with Gasteiger partial charge < -0.3 is 14.4 Å². The van der Waals surface area contributed by atoms with Crippen molar-refractivity contribution >= 4 is 11.9 Å². The van der Waals surface area contributed by atoms with Crippen LogP contribution in [0.25, 0.3) is 11.3 Å². The van der Waals surface area contributed by atoms with Crippen molar-refractivity contribution in [2.75, 3.05) is 0 Å². The number of ketones is 1. The number of amides is 1. The Bertz CT molecular complexity index is 1420. The summed E-state index contributed by atoms with van der Waals surface area (Å²) in [6.07, 6.45) is 5.61. The van der Waals surface area contributed by atoms with Crippen LogP contribution in [0.1, 0.15) is 80.8 Å². The van der Waals surface area contributed by atoms with Crippen LogP contribution in [0.4, 0.5) is 4.79 Å². The molecule has 42 heavy (non-hydrogen) atoms. The third-order valence-electron chi connectivity index (χ3n) is 7.16. The number of aromatic nitrogens is 3. The normalized spacial score (nSPS) is 12.2. The molecule has 2 aromatic carbocycles. The number of benzene rings is 2. The van der Waals surface area contributed by atoms with E-state index in [1.54, 1.807) is 24.5 Å². The van der Waals surface area contributed by atoms with Crippen LogP contribution < -0.4 is 0 Å². The van der Waals surface area contributed by atoms with E-state index in [0.717, 1.165) is 29.7 Å². The molecule has 8 heteroatoms. The zero-order chi connectivity index (χ0) is 30.0. The van der Waals surface area contributed by atoms with E-state index in [9.17, 15) is 14.7 Å². The first-order chi connectivity index (χ1) is 20.3. The van der Waals surface area contributed by atoms with Crippen LogP contribution in [0.3, 0.4) is 0 Å². The molecule has 0 bridgehead atoms. The van der Waals surface area contributed by atoms with E-state index in [1.807, 2.05) is 92.1 Å². The number of unbranched alkanes of at least 4 members (excludes halogenated alkanes) is 2. The highest BCUT2D eigenvalue weighted by molar-refractivity contribution is 5.94. The van der Waals surface area contributed by atoms with Gasteiger partial charge in [-0.25, -0.2) is 9.78 Å². The minimum atomic E-state index is -1.00. The van der Waals surface area contributed by atoms with Crippen LogP contribution in [0.2, 0.25) is 0 Å². The highest BCUT2D eigenvalue weighted by Crippen LogP contribution is 2.35. The summed E-state index contributed by atoms with van der Waals surface area (Å²) >= 11 is 0. The maximum absolute atomic E-state index is 12.7. The Morgan fingerprint density at radius 1 is 0.905 bits per heavy atom. The van der Waals surface area contributed by atoms with Crippen molar-refractivity contribution in [3.05, 3.63) is 108 Å². The molecule has 0 saturated heterocycles. The van der Waals surface area contributed by atoms with Crippen molar-refractivity contribution in [3.8, 4) is 11.3 Å². The number of rotatable bonds is 14. The first-order valence-corrected chi connectivity index (χ1v) is 14.4. The van der Waals surface area contributed by atoms with Crippen LogP contribution >= 0.6 is 0 Å². The van der Waals surface area contributed by atoms with Gasteiger partial charge in [0.05, 0.1) is 24.5 Å². The Morgan fingerprint density at radius 2 is 1.60 bits per heavy atom. The molecule has 0 saturated carbocycles. The number of carbonyl (C=O) groups excluding carboxylic acids is 1. The summed E-state index contributed by atoms with van der Waals surface area (Å²) in [6.45, 7) is 6.34.